The summed E-state index contributed by atoms with van der Waals surface area (Å²) in [6.07, 6.45) is 2.76. The van der Waals surface area contributed by atoms with Gasteiger partial charge in [0.2, 0.25) is 0 Å². The van der Waals surface area contributed by atoms with Crippen LogP contribution in [0.5, 0.6) is 0 Å². The minimum absolute atomic E-state index is 0.130. The van der Waals surface area contributed by atoms with E-state index in [0.717, 1.165) is 0 Å². The Morgan fingerprint density at radius 2 is 2.43 bits per heavy atom. The average Bonchev–Trinajstić information content (AvgIpc) is 2.51. The van der Waals surface area contributed by atoms with Crippen molar-refractivity contribution in [2.75, 3.05) is 6.61 Å². The maximum Gasteiger partial charge on any atom is 0.418 e. The van der Waals surface area contributed by atoms with Crippen molar-refractivity contribution in [2.45, 2.75) is 13.5 Å². The van der Waals surface area contributed by atoms with Crippen LogP contribution >= 0.6 is 0 Å². The third kappa shape index (κ3) is 2.62. The first-order chi connectivity index (χ1) is 6.61. The SMILES string of the molecule is C=C(C)C(=O)OCCn1ccoc1=O. The van der Waals surface area contributed by atoms with Gasteiger partial charge in [-0.2, -0.15) is 0 Å². The van der Waals surface area contributed by atoms with Gasteiger partial charge in [-0.05, 0) is 6.92 Å². The summed E-state index contributed by atoms with van der Waals surface area (Å²) in [7, 11) is 0. The summed E-state index contributed by atoms with van der Waals surface area (Å²) < 4.78 is 10.6. The normalized spacial score (nSPS) is 9.79. The second kappa shape index (κ2) is 4.45. The van der Waals surface area contributed by atoms with E-state index in [-0.39, 0.29) is 13.2 Å². The van der Waals surface area contributed by atoms with E-state index in [4.69, 9.17) is 4.74 Å². The maximum absolute atomic E-state index is 10.9. The van der Waals surface area contributed by atoms with Crippen LogP contribution in [0.15, 0.2) is 33.8 Å². The van der Waals surface area contributed by atoms with Crippen molar-refractivity contribution >= 4 is 5.97 Å². The van der Waals surface area contributed by atoms with Gasteiger partial charge in [-0.3, -0.25) is 4.57 Å². The molecule has 1 aromatic rings. The van der Waals surface area contributed by atoms with Gasteiger partial charge in [0.25, 0.3) is 0 Å². The summed E-state index contributed by atoms with van der Waals surface area (Å²) in [5.74, 6) is -0.919. The molecule has 0 amide bonds. The van der Waals surface area contributed by atoms with Gasteiger partial charge in [-0.1, -0.05) is 6.58 Å². The Morgan fingerprint density at radius 1 is 1.71 bits per heavy atom. The first-order valence-electron chi connectivity index (χ1n) is 4.08. The summed E-state index contributed by atoms with van der Waals surface area (Å²) in [6.45, 7) is 5.40. The van der Waals surface area contributed by atoms with Crippen molar-refractivity contribution in [3.05, 3.63) is 35.2 Å². The third-order valence-corrected chi connectivity index (χ3v) is 1.56. The number of rotatable bonds is 4. The van der Waals surface area contributed by atoms with E-state index in [2.05, 4.69) is 11.0 Å². The van der Waals surface area contributed by atoms with Gasteiger partial charge in [-0.25, -0.2) is 9.59 Å². The van der Waals surface area contributed by atoms with Crippen LogP contribution < -0.4 is 5.76 Å². The standard InChI is InChI=1S/C9H11NO4/c1-7(2)8(11)13-5-3-10-4-6-14-9(10)12/h4,6H,1,3,5H2,2H3. The third-order valence-electron chi connectivity index (χ3n) is 1.56. The fourth-order valence-electron chi connectivity index (χ4n) is 0.816. The molecule has 0 saturated heterocycles. The van der Waals surface area contributed by atoms with Crippen LogP contribution in [0.2, 0.25) is 0 Å². The zero-order valence-electron chi connectivity index (χ0n) is 7.86. The zero-order chi connectivity index (χ0) is 10.6. The number of carbonyl (C=O) groups is 1. The highest BCUT2D eigenvalue weighted by molar-refractivity contribution is 5.86. The van der Waals surface area contributed by atoms with Crippen molar-refractivity contribution < 1.29 is 13.9 Å². The quantitative estimate of drug-likeness (QED) is 0.522. The lowest BCUT2D eigenvalue weighted by atomic mass is 10.4. The molecule has 1 rings (SSSR count). The molecule has 0 radical (unpaired) electrons. The first-order valence-corrected chi connectivity index (χ1v) is 4.08. The Hall–Kier alpha value is -1.78. The molecule has 0 aliphatic rings. The predicted molar refractivity (Wildman–Crippen MR) is 48.7 cm³/mol. The largest absolute Gasteiger partial charge is 0.460 e. The monoisotopic (exact) mass is 197 g/mol. The second-order valence-electron chi connectivity index (χ2n) is 2.78. The molecule has 0 unspecified atom stereocenters. The molecule has 0 bridgehead atoms. The molecule has 0 atom stereocenters. The molecule has 0 fully saturated rings. The van der Waals surface area contributed by atoms with Crippen molar-refractivity contribution in [3.63, 3.8) is 0 Å². The van der Waals surface area contributed by atoms with Crippen LogP contribution in [0.4, 0.5) is 0 Å². The molecule has 14 heavy (non-hydrogen) atoms. The molecule has 5 heteroatoms. The highest BCUT2D eigenvalue weighted by Crippen LogP contribution is 1.92. The highest BCUT2D eigenvalue weighted by Gasteiger charge is 2.03. The Bertz CT molecular complexity index is 388. The average molecular weight is 197 g/mol. The highest BCUT2D eigenvalue weighted by atomic mass is 16.5. The lowest BCUT2D eigenvalue weighted by molar-refractivity contribution is -0.139. The van der Waals surface area contributed by atoms with Crippen molar-refractivity contribution in [2.24, 2.45) is 0 Å². The summed E-state index contributed by atoms with van der Waals surface area (Å²) in [5.41, 5.74) is 0.338. The van der Waals surface area contributed by atoms with Crippen LogP contribution in [0, 0.1) is 0 Å². The van der Waals surface area contributed by atoms with Gasteiger partial charge in [0.05, 0.1) is 6.54 Å². The van der Waals surface area contributed by atoms with Crippen molar-refractivity contribution in [3.8, 4) is 0 Å². The van der Waals surface area contributed by atoms with Gasteiger partial charge in [-0.15, -0.1) is 0 Å². The molecule has 0 saturated carbocycles. The Labute approximate surface area is 80.6 Å². The Balaban J connectivity index is 2.36. The molecule has 1 heterocycles. The second-order valence-corrected chi connectivity index (χ2v) is 2.78. The number of ether oxygens (including phenoxy) is 1. The Kier molecular flexibility index (Phi) is 3.28. The van der Waals surface area contributed by atoms with Crippen LogP contribution in [0.3, 0.4) is 0 Å². The van der Waals surface area contributed by atoms with E-state index in [1.165, 1.54) is 17.0 Å². The number of oxazole rings is 1. The topological polar surface area (TPSA) is 61.4 Å². The van der Waals surface area contributed by atoms with E-state index in [1.807, 2.05) is 0 Å². The molecule has 0 aromatic carbocycles. The fraction of sp³-hybridized carbons (Fsp3) is 0.333. The molecule has 0 spiro atoms. The molecule has 76 valence electrons. The minimum Gasteiger partial charge on any atom is -0.460 e. The number of hydrogen-bond donors (Lipinski definition) is 0. The molecular weight excluding hydrogens is 186 g/mol. The summed E-state index contributed by atoms with van der Waals surface area (Å²) in [5, 5.41) is 0. The number of aromatic nitrogens is 1. The van der Waals surface area contributed by atoms with Crippen LogP contribution in [-0.2, 0) is 16.1 Å². The van der Waals surface area contributed by atoms with Crippen molar-refractivity contribution in [1.29, 1.82) is 0 Å². The van der Waals surface area contributed by atoms with Crippen LogP contribution in [0.25, 0.3) is 0 Å². The molecular formula is C9H11NO4. The fourth-order valence-corrected chi connectivity index (χ4v) is 0.816. The number of hydrogen-bond acceptors (Lipinski definition) is 4. The van der Waals surface area contributed by atoms with Gasteiger partial charge in [0.15, 0.2) is 0 Å². The van der Waals surface area contributed by atoms with Gasteiger partial charge >= 0.3 is 11.7 Å². The van der Waals surface area contributed by atoms with E-state index >= 15 is 0 Å². The predicted octanol–water partition coefficient (Wildman–Crippen LogP) is 0.561. The van der Waals surface area contributed by atoms with Gasteiger partial charge in [0, 0.05) is 11.8 Å². The maximum atomic E-state index is 10.9. The van der Waals surface area contributed by atoms with Gasteiger partial charge in [0.1, 0.15) is 12.9 Å². The molecule has 0 aliphatic heterocycles. The number of esters is 1. The lowest BCUT2D eigenvalue weighted by Crippen LogP contribution is -2.18. The van der Waals surface area contributed by atoms with E-state index in [9.17, 15) is 9.59 Å². The molecule has 1 aromatic heterocycles. The Morgan fingerprint density at radius 3 is 2.93 bits per heavy atom. The minimum atomic E-state index is -0.462. The van der Waals surface area contributed by atoms with Crippen LogP contribution in [0.1, 0.15) is 6.92 Å². The van der Waals surface area contributed by atoms with Crippen LogP contribution in [-0.4, -0.2) is 17.1 Å². The van der Waals surface area contributed by atoms with E-state index in [0.29, 0.717) is 5.57 Å². The lowest BCUT2D eigenvalue weighted by Gasteiger charge is -2.03. The summed E-state index contributed by atoms with van der Waals surface area (Å²) in [4.78, 5) is 21.8. The summed E-state index contributed by atoms with van der Waals surface area (Å²) >= 11 is 0. The van der Waals surface area contributed by atoms with Gasteiger partial charge < -0.3 is 9.15 Å². The van der Waals surface area contributed by atoms with Crippen molar-refractivity contribution in [1.82, 2.24) is 4.57 Å². The summed E-state index contributed by atoms with van der Waals surface area (Å²) in [6, 6.07) is 0. The first kappa shape index (κ1) is 10.3. The smallest absolute Gasteiger partial charge is 0.418 e. The molecule has 0 aliphatic carbocycles. The van der Waals surface area contributed by atoms with E-state index in [1.54, 1.807) is 6.92 Å². The number of carbonyl (C=O) groups excluding carboxylic acids is 1. The van der Waals surface area contributed by atoms with E-state index < -0.39 is 11.7 Å². The molecule has 5 nitrogen and oxygen atoms in total. The molecule has 0 N–H and O–H groups in total. The zero-order valence-corrected chi connectivity index (χ0v) is 7.86. The number of nitrogens with zero attached hydrogens (tertiary/aromatic N) is 1.